The number of ether oxygens (including phenoxy) is 1. The second kappa shape index (κ2) is 6.37. The van der Waals surface area contributed by atoms with E-state index in [1.807, 2.05) is 6.07 Å². The van der Waals surface area contributed by atoms with E-state index in [4.69, 9.17) is 4.74 Å². The molecule has 1 aromatic rings. The minimum absolute atomic E-state index is 0.0832. The number of hydrogen-bond donors (Lipinski definition) is 3. The Balaban J connectivity index is 1.58. The molecule has 20 heavy (non-hydrogen) atoms. The van der Waals surface area contributed by atoms with Crippen LogP contribution in [0.15, 0.2) is 6.07 Å². The Morgan fingerprint density at radius 2 is 2.35 bits per heavy atom. The fourth-order valence-corrected chi connectivity index (χ4v) is 2.84. The minimum atomic E-state index is -0.0832. The zero-order valence-corrected chi connectivity index (χ0v) is 11.7. The van der Waals surface area contributed by atoms with Crippen LogP contribution < -0.4 is 10.6 Å². The van der Waals surface area contributed by atoms with Crippen molar-refractivity contribution in [2.45, 2.75) is 37.6 Å². The van der Waals surface area contributed by atoms with E-state index in [-0.39, 0.29) is 11.9 Å². The number of nitrogens with zero attached hydrogens (tertiary/aromatic N) is 1. The summed E-state index contributed by atoms with van der Waals surface area (Å²) in [5.74, 6) is 0.267. The highest BCUT2D eigenvalue weighted by atomic mass is 16.5. The second-order valence-corrected chi connectivity index (χ2v) is 5.64. The first-order chi connectivity index (χ1) is 9.83. The molecule has 0 spiro atoms. The molecule has 0 radical (unpaired) electrons. The standard InChI is InChI=1S/C14H22N4O2/c19-14(16-11-3-1-2-5-15-8-11)13-7-12(17-18-13)10-4-6-20-9-10/h7,10-11,15H,1-6,8-9H2,(H,16,19)(H,17,18)/t10?,11-/m0/s1. The van der Waals surface area contributed by atoms with Crippen molar-refractivity contribution >= 4 is 5.91 Å². The topological polar surface area (TPSA) is 79.0 Å². The van der Waals surface area contributed by atoms with Gasteiger partial charge in [0.2, 0.25) is 0 Å². The van der Waals surface area contributed by atoms with Crippen LogP contribution in [0.3, 0.4) is 0 Å². The molecule has 1 aromatic heterocycles. The van der Waals surface area contributed by atoms with Crippen LogP contribution in [-0.2, 0) is 4.74 Å². The van der Waals surface area contributed by atoms with Crippen molar-refractivity contribution in [3.05, 3.63) is 17.5 Å². The van der Waals surface area contributed by atoms with E-state index < -0.39 is 0 Å². The van der Waals surface area contributed by atoms with Crippen molar-refractivity contribution in [2.24, 2.45) is 0 Å². The van der Waals surface area contributed by atoms with Gasteiger partial charge >= 0.3 is 0 Å². The van der Waals surface area contributed by atoms with Gasteiger partial charge in [0, 0.05) is 30.8 Å². The van der Waals surface area contributed by atoms with Crippen LogP contribution in [0.4, 0.5) is 0 Å². The summed E-state index contributed by atoms with van der Waals surface area (Å²) in [7, 11) is 0. The molecule has 2 atom stereocenters. The number of rotatable bonds is 3. The fraction of sp³-hybridized carbons (Fsp3) is 0.714. The Morgan fingerprint density at radius 3 is 3.20 bits per heavy atom. The molecule has 6 nitrogen and oxygen atoms in total. The van der Waals surface area contributed by atoms with Crippen LogP contribution in [0.5, 0.6) is 0 Å². The molecule has 1 amide bonds. The largest absolute Gasteiger partial charge is 0.381 e. The maximum Gasteiger partial charge on any atom is 0.272 e. The van der Waals surface area contributed by atoms with Gasteiger partial charge < -0.3 is 15.4 Å². The van der Waals surface area contributed by atoms with Crippen molar-refractivity contribution in [3.63, 3.8) is 0 Å². The van der Waals surface area contributed by atoms with Crippen molar-refractivity contribution in [1.29, 1.82) is 0 Å². The predicted molar refractivity (Wildman–Crippen MR) is 74.7 cm³/mol. The molecule has 3 rings (SSSR count). The van der Waals surface area contributed by atoms with Crippen LogP contribution in [0.25, 0.3) is 0 Å². The number of aromatic amines is 1. The predicted octanol–water partition coefficient (Wildman–Crippen LogP) is 0.785. The quantitative estimate of drug-likeness (QED) is 0.763. The molecule has 0 aliphatic carbocycles. The second-order valence-electron chi connectivity index (χ2n) is 5.64. The van der Waals surface area contributed by atoms with Gasteiger partial charge in [-0.05, 0) is 31.9 Å². The molecule has 3 N–H and O–H groups in total. The zero-order chi connectivity index (χ0) is 13.8. The average Bonchev–Trinajstić information content (AvgIpc) is 3.07. The zero-order valence-electron chi connectivity index (χ0n) is 11.7. The third-order valence-electron chi connectivity index (χ3n) is 4.08. The summed E-state index contributed by atoms with van der Waals surface area (Å²) in [5, 5.41) is 13.5. The lowest BCUT2D eigenvalue weighted by Crippen LogP contribution is -2.40. The molecule has 110 valence electrons. The van der Waals surface area contributed by atoms with Crippen molar-refractivity contribution < 1.29 is 9.53 Å². The molecule has 2 fully saturated rings. The summed E-state index contributed by atoms with van der Waals surface area (Å²) >= 11 is 0. The third kappa shape index (κ3) is 3.19. The SMILES string of the molecule is O=C(N[C@H]1CCCCNC1)c1cc(C2CCOC2)[nH]n1. The summed E-state index contributed by atoms with van der Waals surface area (Å²) in [6, 6.07) is 2.07. The minimum Gasteiger partial charge on any atom is -0.381 e. The molecule has 2 aliphatic heterocycles. The number of carbonyl (C=O) groups excluding carboxylic acids is 1. The van der Waals surface area contributed by atoms with E-state index in [2.05, 4.69) is 20.8 Å². The maximum absolute atomic E-state index is 12.2. The fourth-order valence-electron chi connectivity index (χ4n) is 2.84. The lowest BCUT2D eigenvalue weighted by molar-refractivity contribution is 0.0930. The van der Waals surface area contributed by atoms with Crippen molar-refractivity contribution in [2.75, 3.05) is 26.3 Å². The summed E-state index contributed by atoms with van der Waals surface area (Å²) in [6.45, 7) is 3.40. The Labute approximate surface area is 118 Å². The Kier molecular flexibility index (Phi) is 4.32. The van der Waals surface area contributed by atoms with E-state index in [9.17, 15) is 4.79 Å². The van der Waals surface area contributed by atoms with Crippen LogP contribution in [0.1, 0.15) is 47.8 Å². The molecule has 0 aromatic carbocycles. The monoisotopic (exact) mass is 278 g/mol. The lowest BCUT2D eigenvalue weighted by Gasteiger charge is -2.15. The van der Waals surface area contributed by atoms with E-state index in [0.717, 1.165) is 51.3 Å². The van der Waals surface area contributed by atoms with Gasteiger partial charge in [-0.1, -0.05) is 6.42 Å². The number of amides is 1. The van der Waals surface area contributed by atoms with Gasteiger partial charge in [0.15, 0.2) is 0 Å². The highest BCUT2D eigenvalue weighted by Crippen LogP contribution is 2.23. The van der Waals surface area contributed by atoms with E-state index in [0.29, 0.717) is 11.6 Å². The van der Waals surface area contributed by atoms with Crippen LogP contribution in [0.2, 0.25) is 0 Å². The van der Waals surface area contributed by atoms with Gasteiger partial charge in [-0.25, -0.2) is 0 Å². The Bertz CT molecular complexity index is 446. The molecule has 2 aliphatic rings. The molecule has 1 unspecified atom stereocenters. The summed E-state index contributed by atoms with van der Waals surface area (Å²) in [6.07, 6.45) is 4.37. The lowest BCUT2D eigenvalue weighted by atomic mass is 10.1. The number of aromatic nitrogens is 2. The van der Waals surface area contributed by atoms with Gasteiger partial charge in [0.05, 0.1) is 6.61 Å². The first-order valence-corrected chi connectivity index (χ1v) is 7.47. The molecule has 6 heteroatoms. The molecule has 0 bridgehead atoms. The first kappa shape index (κ1) is 13.6. The van der Waals surface area contributed by atoms with Gasteiger partial charge in [0.1, 0.15) is 5.69 Å². The molecule has 3 heterocycles. The smallest absolute Gasteiger partial charge is 0.272 e. The van der Waals surface area contributed by atoms with E-state index in [1.54, 1.807) is 0 Å². The van der Waals surface area contributed by atoms with Crippen LogP contribution in [-0.4, -0.2) is 48.4 Å². The maximum atomic E-state index is 12.2. The molecular formula is C14H22N4O2. The normalized spacial score (nSPS) is 27.2. The Hall–Kier alpha value is -1.40. The van der Waals surface area contributed by atoms with Gasteiger partial charge in [-0.2, -0.15) is 5.10 Å². The number of hydrogen-bond acceptors (Lipinski definition) is 4. The summed E-state index contributed by atoms with van der Waals surface area (Å²) in [4.78, 5) is 12.2. The first-order valence-electron chi connectivity index (χ1n) is 7.47. The summed E-state index contributed by atoms with van der Waals surface area (Å²) < 4.78 is 5.36. The van der Waals surface area contributed by atoms with E-state index >= 15 is 0 Å². The Morgan fingerprint density at radius 1 is 1.40 bits per heavy atom. The molecular weight excluding hydrogens is 256 g/mol. The number of H-pyrrole nitrogens is 1. The van der Waals surface area contributed by atoms with Crippen LogP contribution >= 0.6 is 0 Å². The average molecular weight is 278 g/mol. The van der Waals surface area contributed by atoms with Gasteiger partial charge in [-0.3, -0.25) is 9.89 Å². The highest BCUT2D eigenvalue weighted by Gasteiger charge is 2.22. The molecule has 0 saturated carbocycles. The third-order valence-corrected chi connectivity index (χ3v) is 4.08. The number of nitrogens with one attached hydrogen (secondary N) is 3. The van der Waals surface area contributed by atoms with Gasteiger partial charge in [-0.15, -0.1) is 0 Å². The summed E-state index contributed by atoms with van der Waals surface area (Å²) in [5.41, 5.74) is 1.49. The highest BCUT2D eigenvalue weighted by molar-refractivity contribution is 5.92. The molecule has 2 saturated heterocycles. The van der Waals surface area contributed by atoms with E-state index in [1.165, 1.54) is 6.42 Å². The number of carbonyl (C=O) groups is 1. The van der Waals surface area contributed by atoms with Gasteiger partial charge in [0.25, 0.3) is 5.91 Å². The van der Waals surface area contributed by atoms with Crippen molar-refractivity contribution in [1.82, 2.24) is 20.8 Å². The van der Waals surface area contributed by atoms with Crippen LogP contribution in [0, 0.1) is 0 Å². The van der Waals surface area contributed by atoms with Crippen molar-refractivity contribution in [3.8, 4) is 0 Å².